The van der Waals surface area contributed by atoms with Crippen molar-refractivity contribution in [1.29, 1.82) is 0 Å². The van der Waals surface area contributed by atoms with Crippen molar-refractivity contribution in [2.75, 3.05) is 0 Å². The molecule has 2 unspecified atom stereocenters. The molecule has 0 amide bonds. The summed E-state index contributed by atoms with van der Waals surface area (Å²) < 4.78 is 0. The minimum Gasteiger partial charge on any atom is -0.478 e. The van der Waals surface area contributed by atoms with Crippen LogP contribution in [0, 0.1) is 10.8 Å². The summed E-state index contributed by atoms with van der Waals surface area (Å²) in [7, 11) is 0. The van der Waals surface area contributed by atoms with Crippen LogP contribution in [-0.2, 0) is 4.79 Å². The van der Waals surface area contributed by atoms with E-state index < -0.39 is 5.97 Å². The Morgan fingerprint density at radius 3 is 2.05 bits per heavy atom. The number of fused-ring (bicyclic) bond motifs is 1. The molecule has 2 aliphatic rings. The molecule has 0 saturated heterocycles. The summed E-state index contributed by atoms with van der Waals surface area (Å²) in [5.74, 6) is -0.786. The lowest BCUT2D eigenvalue weighted by Crippen LogP contribution is -2.60. The van der Waals surface area contributed by atoms with E-state index in [9.17, 15) is 9.90 Å². The molecule has 2 atom stereocenters. The maximum absolute atomic E-state index is 11.7. The summed E-state index contributed by atoms with van der Waals surface area (Å²) in [5.41, 5.74) is 4.72. The second-order valence-electron chi connectivity index (χ2n) is 5.92. The van der Waals surface area contributed by atoms with Gasteiger partial charge in [-0.3, -0.25) is 0 Å². The van der Waals surface area contributed by atoms with Gasteiger partial charge in [-0.25, -0.2) is 4.79 Å². The predicted octanol–water partition coefficient (Wildman–Crippen LogP) is 3.90. The lowest BCUT2D eigenvalue weighted by molar-refractivity contribution is -0.135. The number of hydrogen-bond acceptors (Lipinski definition) is 1. The van der Waals surface area contributed by atoms with E-state index in [1.165, 1.54) is 11.1 Å². The van der Waals surface area contributed by atoms with Crippen molar-refractivity contribution in [3.8, 4) is 0 Å². The van der Waals surface area contributed by atoms with Crippen molar-refractivity contribution >= 4 is 11.5 Å². The van der Waals surface area contributed by atoms with Crippen LogP contribution in [0.5, 0.6) is 0 Å². The molecule has 0 aromatic heterocycles. The number of carboxylic acids is 1. The first-order chi connectivity index (χ1) is 8.86. The molecule has 2 aliphatic carbocycles. The van der Waals surface area contributed by atoms with Gasteiger partial charge in [0.15, 0.2) is 0 Å². The van der Waals surface area contributed by atoms with Crippen LogP contribution in [-0.4, -0.2) is 11.1 Å². The molecule has 0 radical (unpaired) electrons. The second kappa shape index (κ2) is 3.38. The van der Waals surface area contributed by atoms with Crippen LogP contribution in [0.1, 0.15) is 33.3 Å². The van der Waals surface area contributed by atoms with E-state index in [1.54, 1.807) is 0 Å². The van der Waals surface area contributed by atoms with Crippen LogP contribution >= 0.6 is 0 Å². The first-order valence-electron chi connectivity index (χ1n) is 6.59. The van der Waals surface area contributed by atoms with Gasteiger partial charge in [-0.05, 0) is 25.0 Å². The quantitative estimate of drug-likeness (QED) is 0.813. The third-order valence-corrected chi connectivity index (χ3v) is 5.59. The minimum absolute atomic E-state index is 0.119. The van der Waals surface area contributed by atoms with Crippen LogP contribution in [0.2, 0.25) is 0 Å². The van der Waals surface area contributed by atoms with Crippen LogP contribution in [0.4, 0.5) is 0 Å². The van der Waals surface area contributed by atoms with Gasteiger partial charge in [-0.1, -0.05) is 55.3 Å². The SMILES string of the molecule is CC1=C(C)C2(C)C(c3ccccc3)=C(C(=O)O)C12C. The van der Waals surface area contributed by atoms with Crippen molar-refractivity contribution in [1.82, 2.24) is 0 Å². The van der Waals surface area contributed by atoms with Crippen LogP contribution < -0.4 is 0 Å². The topological polar surface area (TPSA) is 37.3 Å². The molecule has 3 rings (SSSR count). The number of hydrogen-bond donors (Lipinski definition) is 1. The van der Waals surface area contributed by atoms with Crippen molar-refractivity contribution in [3.63, 3.8) is 0 Å². The summed E-state index contributed by atoms with van der Waals surface area (Å²) >= 11 is 0. The molecule has 1 aromatic rings. The Labute approximate surface area is 113 Å². The number of allylic oxidation sites excluding steroid dienone is 3. The molecule has 0 bridgehead atoms. The van der Waals surface area contributed by atoms with Gasteiger partial charge in [0.25, 0.3) is 0 Å². The molecule has 1 aromatic carbocycles. The standard InChI is InChI=1S/C17H18O2/c1-10-11(2)17(4)14(15(18)19)13(16(10,17)3)12-8-6-5-7-9-12/h5-9H,1-4H3,(H,18,19). The lowest BCUT2D eigenvalue weighted by atomic mass is 9.35. The van der Waals surface area contributed by atoms with E-state index in [4.69, 9.17) is 0 Å². The monoisotopic (exact) mass is 254 g/mol. The Kier molecular flexibility index (Phi) is 2.17. The largest absolute Gasteiger partial charge is 0.478 e. The maximum Gasteiger partial charge on any atom is 0.332 e. The third-order valence-electron chi connectivity index (χ3n) is 5.59. The Morgan fingerprint density at radius 2 is 1.53 bits per heavy atom. The highest BCUT2D eigenvalue weighted by Crippen LogP contribution is 2.77. The zero-order valence-electron chi connectivity index (χ0n) is 11.7. The third kappa shape index (κ3) is 1.07. The van der Waals surface area contributed by atoms with Gasteiger partial charge in [0.1, 0.15) is 0 Å². The molecule has 98 valence electrons. The Bertz CT molecular complexity index is 651. The summed E-state index contributed by atoms with van der Waals surface area (Å²) in [6.07, 6.45) is 0. The van der Waals surface area contributed by atoms with E-state index in [1.807, 2.05) is 30.3 Å². The van der Waals surface area contributed by atoms with Gasteiger partial charge >= 0.3 is 5.97 Å². The van der Waals surface area contributed by atoms with Crippen LogP contribution in [0.25, 0.3) is 5.57 Å². The molecule has 2 nitrogen and oxygen atoms in total. The number of rotatable bonds is 2. The predicted molar refractivity (Wildman–Crippen MR) is 75.6 cm³/mol. The zero-order valence-corrected chi connectivity index (χ0v) is 11.7. The zero-order chi connectivity index (χ0) is 14.0. The van der Waals surface area contributed by atoms with E-state index in [-0.39, 0.29) is 10.8 Å². The molecule has 0 aliphatic heterocycles. The van der Waals surface area contributed by atoms with Crippen LogP contribution in [0.3, 0.4) is 0 Å². The average molecular weight is 254 g/mol. The molecule has 1 N–H and O–H groups in total. The number of benzene rings is 1. The molecular weight excluding hydrogens is 236 g/mol. The Morgan fingerprint density at radius 1 is 1.00 bits per heavy atom. The molecular formula is C17H18O2. The van der Waals surface area contributed by atoms with Gasteiger partial charge in [-0.2, -0.15) is 0 Å². The first kappa shape index (κ1) is 12.2. The molecule has 0 spiro atoms. The summed E-state index contributed by atoms with van der Waals surface area (Å²) in [6.45, 7) is 8.41. The number of carbonyl (C=O) groups is 1. The van der Waals surface area contributed by atoms with Gasteiger partial charge in [0.2, 0.25) is 0 Å². The lowest BCUT2D eigenvalue weighted by Gasteiger charge is -2.67. The van der Waals surface area contributed by atoms with Gasteiger partial charge < -0.3 is 5.11 Å². The fraction of sp³-hybridized carbons (Fsp3) is 0.353. The van der Waals surface area contributed by atoms with Gasteiger partial charge in [0.05, 0.1) is 5.57 Å². The molecule has 0 heterocycles. The molecule has 0 fully saturated rings. The van der Waals surface area contributed by atoms with Crippen molar-refractivity contribution < 1.29 is 9.90 Å². The highest BCUT2D eigenvalue weighted by molar-refractivity contribution is 6.08. The van der Waals surface area contributed by atoms with Crippen LogP contribution in [0.15, 0.2) is 47.1 Å². The van der Waals surface area contributed by atoms with E-state index in [2.05, 4.69) is 27.7 Å². The van der Waals surface area contributed by atoms with Crippen molar-refractivity contribution in [2.24, 2.45) is 10.8 Å². The Hall–Kier alpha value is -1.83. The van der Waals surface area contributed by atoms with Crippen molar-refractivity contribution in [2.45, 2.75) is 27.7 Å². The van der Waals surface area contributed by atoms with E-state index in [0.29, 0.717) is 5.57 Å². The maximum atomic E-state index is 11.7. The van der Waals surface area contributed by atoms with E-state index >= 15 is 0 Å². The highest BCUT2D eigenvalue weighted by Gasteiger charge is 2.69. The average Bonchev–Trinajstić information content (AvgIpc) is 2.41. The molecule has 2 heteroatoms. The normalized spacial score (nSPS) is 32.6. The fourth-order valence-corrected chi connectivity index (χ4v) is 4.11. The van der Waals surface area contributed by atoms with Crippen molar-refractivity contribution in [3.05, 3.63) is 52.6 Å². The minimum atomic E-state index is -0.786. The molecule has 0 saturated carbocycles. The summed E-state index contributed by atoms with van der Waals surface area (Å²) in [5, 5.41) is 9.59. The number of aliphatic carboxylic acids is 1. The fourth-order valence-electron chi connectivity index (χ4n) is 4.11. The second-order valence-corrected chi connectivity index (χ2v) is 5.92. The summed E-state index contributed by atoms with van der Waals surface area (Å²) in [6, 6.07) is 9.89. The number of carboxylic acid groups (broad SMARTS) is 1. The Balaban J connectivity index is 2.26. The van der Waals surface area contributed by atoms with Gasteiger partial charge in [0, 0.05) is 10.8 Å². The highest BCUT2D eigenvalue weighted by atomic mass is 16.4. The summed E-state index contributed by atoms with van der Waals surface area (Å²) in [4.78, 5) is 11.7. The first-order valence-corrected chi connectivity index (χ1v) is 6.59. The van der Waals surface area contributed by atoms with Gasteiger partial charge in [-0.15, -0.1) is 0 Å². The van der Waals surface area contributed by atoms with E-state index in [0.717, 1.165) is 11.1 Å². The smallest absolute Gasteiger partial charge is 0.332 e. The molecule has 19 heavy (non-hydrogen) atoms.